The Morgan fingerprint density at radius 2 is 2.09 bits per heavy atom. The minimum atomic E-state index is -0.547. The van der Waals surface area contributed by atoms with E-state index in [0.717, 1.165) is 25.1 Å². The third-order valence-electron chi connectivity index (χ3n) is 6.90. The van der Waals surface area contributed by atoms with Crippen molar-refractivity contribution < 1.29 is 14.2 Å². The number of nitrogens with two attached hydrogens (primary N) is 1. The smallest absolute Gasteiger partial charge is 0.223 e. The van der Waals surface area contributed by atoms with E-state index >= 15 is 0 Å². The second kappa shape index (κ2) is 8.08. The Labute approximate surface area is 196 Å². The summed E-state index contributed by atoms with van der Waals surface area (Å²) < 4.78 is 22.8. The summed E-state index contributed by atoms with van der Waals surface area (Å²) in [6.45, 7) is 7.27. The first kappa shape index (κ1) is 22.3. The zero-order chi connectivity index (χ0) is 24.2. The van der Waals surface area contributed by atoms with Crippen molar-refractivity contribution in [1.29, 1.82) is 0 Å². The molecule has 1 aliphatic rings. The fourth-order valence-corrected chi connectivity index (χ4v) is 4.42. The molecule has 180 valence electrons. The lowest BCUT2D eigenvalue weighted by Gasteiger charge is -2.32. The summed E-state index contributed by atoms with van der Waals surface area (Å²) in [6, 6.07) is 2.66. The van der Waals surface area contributed by atoms with E-state index in [-0.39, 0.29) is 11.9 Å². The van der Waals surface area contributed by atoms with E-state index in [1.54, 1.807) is 11.6 Å². The normalized spacial score (nSPS) is 18.1. The van der Waals surface area contributed by atoms with E-state index in [1.165, 1.54) is 23.8 Å². The zero-order valence-electron chi connectivity index (χ0n) is 19.7. The lowest BCUT2D eigenvalue weighted by Crippen LogP contribution is -2.38. The second-order valence-corrected chi connectivity index (χ2v) is 9.44. The van der Waals surface area contributed by atoms with E-state index < -0.39 is 17.5 Å². The lowest BCUT2D eigenvalue weighted by atomic mass is 9.97. The van der Waals surface area contributed by atoms with Gasteiger partial charge in [-0.2, -0.15) is 9.61 Å². The molecule has 10 nitrogen and oxygen atoms in total. The number of anilines is 2. The van der Waals surface area contributed by atoms with Crippen LogP contribution in [0.3, 0.4) is 0 Å². The first-order valence-electron chi connectivity index (χ1n) is 11.4. The number of benzene rings is 1. The van der Waals surface area contributed by atoms with Gasteiger partial charge in [0.05, 0.1) is 36.0 Å². The molecule has 0 saturated carbocycles. The molecule has 3 N–H and O–H groups in total. The van der Waals surface area contributed by atoms with Crippen LogP contribution in [0.4, 0.5) is 16.0 Å². The second-order valence-electron chi connectivity index (χ2n) is 9.44. The van der Waals surface area contributed by atoms with Crippen LogP contribution in [0.5, 0.6) is 5.75 Å². The number of halogens is 1. The van der Waals surface area contributed by atoms with Crippen LogP contribution in [0.25, 0.3) is 16.6 Å². The highest BCUT2D eigenvalue weighted by Crippen LogP contribution is 2.33. The molecular weight excluding hydrogens is 439 g/mol. The van der Waals surface area contributed by atoms with E-state index in [1.807, 2.05) is 26.2 Å². The Kier molecular flexibility index (Phi) is 5.31. The number of ether oxygens (including phenoxy) is 1. The van der Waals surface area contributed by atoms with Crippen LogP contribution in [-0.4, -0.2) is 60.8 Å². The topological polar surface area (TPSA) is 120 Å². The molecule has 5 rings (SSSR count). The van der Waals surface area contributed by atoms with Gasteiger partial charge in [0.25, 0.3) is 0 Å². The van der Waals surface area contributed by atoms with Crippen LogP contribution in [0.1, 0.15) is 45.4 Å². The van der Waals surface area contributed by atoms with Gasteiger partial charge in [-0.15, -0.1) is 5.10 Å². The van der Waals surface area contributed by atoms with Crippen molar-refractivity contribution in [2.24, 2.45) is 0 Å². The Morgan fingerprint density at radius 3 is 2.82 bits per heavy atom. The van der Waals surface area contributed by atoms with Gasteiger partial charge in [0.15, 0.2) is 11.5 Å². The zero-order valence-corrected chi connectivity index (χ0v) is 19.7. The van der Waals surface area contributed by atoms with Crippen LogP contribution in [-0.2, 0) is 5.54 Å². The van der Waals surface area contributed by atoms with E-state index in [9.17, 15) is 9.50 Å². The molecule has 1 fully saturated rings. The van der Waals surface area contributed by atoms with E-state index in [0.29, 0.717) is 34.7 Å². The SMILES string of the molecule is COc1cc(F)cc2c1nc(N)n1nc([C@@H]3CCCN(c4cnn(C(C)(C)[C@@H](C)O)c4)C3)nc21. The highest BCUT2D eigenvalue weighted by atomic mass is 19.1. The first-order chi connectivity index (χ1) is 16.2. The molecule has 1 aliphatic heterocycles. The molecule has 1 aromatic carbocycles. The van der Waals surface area contributed by atoms with Gasteiger partial charge in [0.2, 0.25) is 5.95 Å². The first-order valence-corrected chi connectivity index (χ1v) is 11.4. The number of methoxy groups -OCH3 is 1. The third-order valence-corrected chi connectivity index (χ3v) is 6.90. The molecule has 0 bridgehead atoms. The minimum Gasteiger partial charge on any atom is -0.494 e. The molecule has 0 aliphatic carbocycles. The van der Waals surface area contributed by atoms with Gasteiger partial charge < -0.3 is 20.5 Å². The highest BCUT2D eigenvalue weighted by molar-refractivity contribution is 5.95. The molecule has 1 saturated heterocycles. The van der Waals surface area contributed by atoms with Gasteiger partial charge in [-0.1, -0.05) is 0 Å². The molecule has 0 spiro atoms. The van der Waals surface area contributed by atoms with Gasteiger partial charge in [0, 0.05) is 31.3 Å². The summed E-state index contributed by atoms with van der Waals surface area (Å²) in [5, 5.41) is 19.8. The molecular formula is C23H29FN8O2. The van der Waals surface area contributed by atoms with Crippen molar-refractivity contribution in [1.82, 2.24) is 29.4 Å². The average Bonchev–Trinajstić information content (AvgIpc) is 3.48. The molecule has 11 heteroatoms. The van der Waals surface area contributed by atoms with Crippen molar-refractivity contribution in [3.05, 3.63) is 36.2 Å². The van der Waals surface area contributed by atoms with Gasteiger partial charge in [0.1, 0.15) is 17.1 Å². The maximum atomic E-state index is 14.2. The number of aliphatic hydroxyl groups is 1. The van der Waals surface area contributed by atoms with Gasteiger partial charge >= 0.3 is 0 Å². The lowest BCUT2D eigenvalue weighted by molar-refractivity contribution is 0.0647. The Morgan fingerprint density at radius 1 is 1.29 bits per heavy atom. The fourth-order valence-electron chi connectivity index (χ4n) is 4.42. The fraction of sp³-hybridized carbons (Fsp3) is 0.478. The van der Waals surface area contributed by atoms with Crippen LogP contribution in [0, 0.1) is 5.82 Å². The van der Waals surface area contributed by atoms with Crippen molar-refractivity contribution in [3.63, 3.8) is 0 Å². The van der Waals surface area contributed by atoms with Crippen LogP contribution < -0.4 is 15.4 Å². The molecule has 3 aromatic heterocycles. The number of hydrogen-bond donors (Lipinski definition) is 2. The van der Waals surface area contributed by atoms with Crippen LogP contribution in [0.15, 0.2) is 24.5 Å². The predicted octanol–water partition coefficient (Wildman–Crippen LogP) is 2.70. The van der Waals surface area contributed by atoms with Gasteiger partial charge in [-0.3, -0.25) is 4.68 Å². The maximum absolute atomic E-state index is 14.2. The summed E-state index contributed by atoms with van der Waals surface area (Å²) >= 11 is 0. The quantitative estimate of drug-likeness (QED) is 0.459. The van der Waals surface area contributed by atoms with E-state index in [4.69, 9.17) is 15.5 Å². The number of rotatable bonds is 5. The van der Waals surface area contributed by atoms with Crippen LogP contribution in [0.2, 0.25) is 0 Å². The summed E-state index contributed by atoms with van der Waals surface area (Å²) in [4.78, 5) is 11.4. The molecule has 4 aromatic rings. The largest absolute Gasteiger partial charge is 0.494 e. The molecule has 0 radical (unpaired) electrons. The number of nitrogen functional groups attached to an aromatic ring is 1. The minimum absolute atomic E-state index is 0.0617. The van der Waals surface area contributed by atoms with Crippen LogP contribution >= 0.6 is 0 Å². The summed E-state index contributed by atoms with van der Waals surface area (Å²) in [6.07, 6.45) is 5.13. The standard InChI is InChI=1S/C23H29FN8O2/c1-13(33)23(2,3)31-12-16(10-26-31)30-7-5-6-14(11-30)20-28-21-17-8-15(24)9-18(34-4)19(17)27-22(25)32(21)29-20/h8-10,12-14,33H,5-7,11H2,1-4H3,(H2,25,27)/t13-,14-/m1/s1. The number of aliphatic hydroxyl groups excluding tert-OH is 1. The Bertz CT molecular complexity index is 1360. The monoisotopic (exact) mass is 468 g/mol. The molecule has 4 heterocycles. The summed E-state index contributed by atoms with van der Waals surface area (Å²) in [5.41, 5.74) is 7.55. The molecule has 2 atom stereocenters. The van der Waals surface area contributed by atoms with E-state index in [2.05, 4.69) is 20.1 Å². The number of nitrogens with zero attached hydrogens (tertiary/aromatic N) is 7. The number of fused-ring (bicyclic) bond motifs is 3. The number of hydrogen-bond acceptors (Lipinski definition) is 8. The highest BCUT2D eigenvalue weighted by Gasteiger charge is 2.30. The van der Waals surface area contributed by atoms with Gasteiger partial charge in [-0.25, -0.2) is 14.4 Å². The Hall–Kier alpha value is -3.47. The summed E-state index contributed by atoms with van der Waals surface area (Å²) in [5.74, 6) is 0.732. The molecule has 34 heavy (non-hydrogen) atoms. The molecule has 0 unspecified atom stereocenters. The number of aromatic nitrogens is 6. The molecule has 0 amide bonds. The van der Waals surface area contributed by atoms with Crippen molar-refractivity contribution in [2.75, 3.05) is 30.8 Å². The van der Waals surface area contributed by atoms with Crippen molar-refractivity contribution >= 4 is 28.2 Å². The Balaban J connectivity index is 1.48. The third kappa shape index (κ3) is 3.60. The van der Waals surface area contributed by atoms with Crippen molar-refractivity contribution in [2.45, 2.75) is 51.2 Å². The van der Waals surface area contributed by atoms with Gasteiger partial charge in [-0.05, 0) is 39.7 Å². The maximum Gasteiger partial charge on any atom is 0.223 e. The summed E-state index contributed by atoms with van der Waals surface area (Å²) in [7, 11) is 1.46. The number of piperidine rings is 1. The predicted molar refractivity (Wildman–Crippen MR) is 127 cm³/mol. The average molecular weight is 469 g/mol. The van der Waals surface area contributed by atoms with Crippen molar-refractivity contribution in [3.8, 4) is 5.75 Å².